The molecule has 3 aromatic heterocycles. The molecular formula is C39H24N4OSSi. The van der Waals surface area contributed by atoms with Crippen LogP contribution in [0.15, 0.2) is 150 Å². The lowest BCUT2D eigenvalue weighted by atomic mass is 10.2. The van der Waals surface area contributed by atoms with Crippen LogP contribution in [0.5, 0.6) is 0 Å². The van der Waals surface area contributed by atoms with Gasteiger partial charge in [0, 0.05) is 16.7 Å². The molecule has 0 saturated carbocycles. The lowest BCUT2D eigenvalue weighted by molar-refractivity contribution is 0.620. The molecule has 0 spiro atoms. The van der Waals surface area contributed by atoms with Gasteiger partial charge in [-0.2, -0.15) is 0 Å². The maximum atomic E-state index is 6.29. The summed E-state index contributed by atoms with van der Waals surface area (Å²) in [4.78, 5) is 15.2. The molecule has 216 valence electrons. The minimum Gasteiger partial charge on any atom is -0.436 e. The fraction of sp³-hybridized carbons (Fsp3) is 0. The molecule has 5 nitrogen and oxygen atoms in total. The lowest BCUT2D eigenvalue weighted by Crippen LogP contribution is -2.70. The van der Waals surface area contributed by atoms with Crippen LogP contribution in [0.2, 0.25) is 0 Å². The van der Waals surface area contributed by atoms with Crippen molar-refractivity contribution >= 4 is 67.5 Å². The summed E-state index contributed by atoms with van der Waals surface area (Å²) in [5.41, 5.74) is 8.07. The Kier molecular flexibility index (Phi) is 5.40. The van der Waals surface area contributed by atoms with Crippen molar-refractivity contribution in [3.63, 3.8) is 0 Å². The van der Waals surface area contributed by atoms with Gasteiger partial charge in [0.25, 0.3) is 8.24 Å². The van der Waals surface area contributed by atoms with Gasteiger partial charge in [0.1, 0.15) is 16.3 Å². The molecule has 9 aromatic rings. The van der Waals surface area contributed by atoms with Gasteiger partial charge in [-0.15, -0.1) is 11.3 Å². The summed E-state index contributed by atoms with van der Waals surface area (Å²) in [7, 11) is -2.98. The Morgan fingerprint density at radius 2 is 1.26 bits per heavy atom. The van der Waals surface area contributed by atoms with Crippen molar-refractivity contribution in [1.29, 1.82) is 0 Å². The third-order valence-electron chi connectivity index (χ3n) is 9.10. The van der Waals surface area contributed by atoms with Crippen molar-refractivity contribution in [3.05, 3.63) is 146 Å². The molecule has 6 aromatic carbocycles. The highest BCUT2D eigenvalue weighted by Gasteiger charge is 2.51. The minimum absolute atomic E-state index is 0.623. The van der Waals surface area contributed by atoms with Gasteiger partial charge in [0.05, 0.1) is 21.3 Å². The molecule has 7 heteroatoms. The summed E-state index contributed by atoms with van der Waals surface area (Å²) in [5.74, 6) is 1.64. The number of fused-ring (bicyclic) bond motifs is 7. The van der Waals surface area contributed by atoms with Crippen LogP contribution < -0.4 is 15.6 Å². The highest BCUT2D eigenvalue weighted by Crippen LogP contribution is 2.36. The van der Waals surface area contributed by atoms with E-state index in [-0.39, 0.29) is 0 Å². The standard InChI is InChI=1S/C39H24N4OSSi/c1-8-22-36-29(15-1)37-40-30-16-2-5-19-33(30)43(37)46(36,27-13-9-11-25(23-27)38-41-31-17-3-6-20-34(31)44-38)28-14-10-12-26(24-28)39-42-32-18-4-7-21-35(32)45-39/h1-24H. The first kappa shape index (κ1) is 25.7. The number of hydrogen-bond donors (Lipinski definition) is 0. The topological polar surface area (TPSA) is 56.7 Å². The summed E-state index contributed by atoms with van der Waals surface area (Å²) in [6, 6.07) is 51.5. The molecule has 1 aliphatic heterocycles. The van der Waals surface area contributed by atoms with Gasteiger partial charge in [-0.1, -0.05) is 97.1 Å². The average Bonchev–Trinajstić information content (AvgIpc) is 3.89. The highest BCUT2D eigenvalue weighted by atomic mass is 32.1. The molecule has 1 atom stereocenters. The van der Waals surface area contributed by atoms with Crippen molar-refractivity contribution in [2.75, 3.05) is 0 Å². The second-order valence-electron chi connectivity index (χ2n) is 11.7. The van der Waals surface area contributed by atoms with Gasteiger partial charge in [-0.3, -0.25) is 0 Å². The minimum atomic E-state index is -2.98. The highest BCUT2D eigenvalue weighted by molar-refractivity contribution is 7.21. The number of nitrogens with zero attached hydrogens (tertiary/aromatic N) is 4. The zero-order chi connectivity index (χ0) is 30.2. The summed E-state index contributed by atoms with van der Waals surface area (Å²) in [6.45, 7) is 0. The fourth-order valence-corrected chi connectivity index (χ4v) is 13.2. The Bertz CT molecular complexity index is 2450. The summed E-state index contributed by atoms with van der Waals surface area (Å²) < 4.78 is 10.0. The van der Waals surface area contributed by atoms with Crippen LogP contribution in [0.3, 0.4) is 0 Å². The first-order valence-corrected chi connectivity index (χ1v) is 18.0. The van der Waals surface area contributed by atoms with Crippen LogP contribution in [-0.2, 0) is 0 Å². The molecule has 10 rings (SSSR count). The van der Waals surface area contributed by atoms with Gasteiger partial charge in [0.2, 0.25) is 5.89 Å². The molecule has 0 bridgehead atoms. The van der Waals surface area contributed by atoms with Gasteiger partial charge >= 0.3 is 0 Å². The van der Waals surface area contributed by atoms with Crippen molar-refractivity contribution in [2.45, 2.75) is 0 Å². The van der Waals surface area contributed by atoms with E-state index >= 15 is 0 Å². The zero-order valence-corrected chi connectivity index (χ0v) is 26.3. The third-order valence-corrected chi connectivity index (χ3v) is 14.8. The van der Waals surface area contributed by atoms with Crippen molar-refractivity contribution in [2.24, 2.45) is 0 Å². The number of rotatable bonds is 4. The van der Waals surface area contributed by atoms with Crippen LogP contribution in [0.1, 0.15) is 0 Å². The second-order valence-corrected chi connectivity index (χ2v) is 16.2. The molecule has 0 amide bonds. The van der Waals surface area contributed by atoms with Gasteiger partial charge < -0.3 is 8.65 Å². The first-order valence-electron chi connectivity index (χ1n) is 15.3. The van der Waals surface area contributed by atoms with Crippen LogP contribution in [0, 0.1) is 0 Å². The maximum absolute atomic E-state index is 6.29. The quantitative estimate of drug-likeness (QED) is 0.189. The van der Waals surface area contributed by atoms with E-state index in [4.69, 9.17) is 19.4 Å². The van der Waals surface area contributed by atoms with E-state index in [1.165, 1.54) is 25.8 Å². The molecule has 1 unspecified atom stereocenters. The molecule has 1 aliphatic rings. The third kappa shape index (κ3) is 3.58. The largest absolute Gasteiger partial charge is 0.436 e. The Morgan fingerprint density at radius 1 is 0.565 bits per heavy atom. The second kappa shape index (κ2) is 9.68. The zero-order valence-electron chi connectivity index (χ0n) is 24.5. The van der Waals surface area contributed by atoms with E-state index in [0.29, 0.717) is 5.89 Å². The van der Waals surface area contributed by atoms with Gasteiger partial charge in [0.15, 0.2) is 5.58 Å². The van der Waals surface area contributed by atoms with Crippen molar-refractivity contribution in [1.82, 2.24) is 19.2 Å². The van der Waals surface area contributed by atoms with Gasteiger partial charge in [-0.25, -0.2) is 15.0 Å². The summed E-state index contributed by atoms with van der Waals surface area (Å²) in [5, 5.41) is 4.85. The number of para-hydroxylation sites is 5. The molecule has 0 N–H and O–H groups in total. The van der Waals surface area contributed by atoms with Crippen LogP contribution in [-0.4, -0.2) is 27.4 Å². The number of oxazole rings is 1. The van der Waals surface area contributed by atoms with E-state index in [1.54, 1.807) is 11.3 Å². The average molecular weight is 625 g/mol. The number of benzene rings is 6. The number of imidazole rings is 1. The van der Waals surface area contributed by atoms with E-state index in [1.807, 2.05) is 24.3 Å². The van der Waals surface area contributed by atoms with Gasteiger partial charge in [-0.05, 0) is 64.1 Å². The number of thiazole rings is 1. The van der Waals surface area contributed by atoms with Crippen LogP contribution in [0.25, 0.3) is 65.8 Å². The van der Waals surface area contributed by atoms with E-state index in [2.05, 4.69) is 126 Å². The molecule has 0 saturated heterocycles. The van der Waals surface area contributed by atoms with Crippen molar-refractivity contribution in [3.8, 4) is 33.4 Å². The van der Waals surface area contributed by atoms with Crippen LogP contribution >= 0.6 is 11.3 Å². The number of hydrogen-bond acceptors (Lipinski definition) is 5. The smallest absolute Gasteiger partial charge is 0.259 e. The molecule has 0 fully saturated rings. The monoisotopic (exact) mass is 624 g/mol. The normalized spacial score (nSPS) is 15.5. The van der Waals surface area contributed by atoms with Crippen molar-refractivity contribution < 1.29 is 4.42 Å². The SMILES string of the molecule is c1cc(-c2nc3ccccc3o2)cc([Si]2(c3cccc(-c4nc5ccccc5s4)c3)c3ccccc3-c3nc4ccccc4n32)c1. The Balaban J connectivity index is 1.29. The lowest BCUT2D eigenvalue weighted by Gasteiger charge is -2.32. The molecule has 0 radical (unpaired) electrons. The number of aromatic nitrogens is 4. The predicted octanol–water partition coefficient (Wildman–Crippen LogP) is 7.62. The fourth-order valence-electron chi connectivity index (χ4n) is 7.14. The maximum Gasteiger partial charge on any atom is 0.259 e. The summed E-state index contributed by atoms with van der Waals surface area (Å²) >= 11 is 1.74. The van der Waals surface area contributed by atoms with E-state index in [9.17, 15) is 0 Å². The Hall–Kier alpha value is -5.63. The molecular weight excluding hydrogens is 601 g/mol. The van der Waals surface area contributed by atoms with Crippen LogP contribution in [0.4, 0.5) is 0 Å². The first-order chi connectivity index (χ1) is 22.8. The Morgan fingerprint density at radius 3 is 2.11 bits per heavy atom. The van der Waals surface area contributed by atoms with E-state index < -0.39 is 8.24 Å². The summed E-state index contributed by atoms with van der Waals surface area (Å²) in [6.07, 6.45) is 0. The molecule has 4 heterocycles. The molecule has 46 heavy (non-hydrogen) atoms. The van der Waals surface area contributed by atoms with E-state index in [0.717, 1.165) is 49.6 Å². The molecule has 0 aliphatic carbocycles. The Labute approximate surface area is 269 Å². The predicted molar refractivity (Wildman–Crippen MR) is 190 cm³/mol.